The SMILES string of the molecule is CC/C=C\C[C@H]1C(=O)CC[C@@H]1CC(=O)N[C@@H](C)C(=O)[O-]. The van der Waals surface area contributed by atoms with Gasteiger partial charge in [-0.25, -0.2) is 0 Å². The van der Waals surface area contributed by atoms with E-state index in [1.165, 1.54) is 6.92 Å². The molecule has 3 atom stereocenters. The number of ketones is 1. The van der Waals surface area contributed by atoms with Gasteiger partial charge in [0.2, 0.25) is 5.91 Å². The fourth-order valence-corrected chi connectivity index (χ4v) is 2.55. The summed E-state index contributed by atoms with van der Waals surface area (Å²) in [6.07, 6.45) is 7.02. The van der Waals surface area contributed by atoms with E-state index in [4.69, 9.17) is 0 Å². The summed E-state index contributed by atoms with van der Waals surface area (Å²) < 4.78 is 0. The number of allylic oxidation sites excluding steroid dienone is 2. The molecule has 112 valence electrons. The number of carbonyl (C=O) groups is 3. The molecule has 0 aromatic heterocycles. The number of nitrogens with one attached hydrogen (secondary N) is 1. The molecule has 0 saturated heterocycles. The Labute approximate surface area is 119 Å². The fraction of sp³-hybridized carbons (Fsp3) is 0.667. The van der Waals surface area contributed by atoms with E-state index in [9.17, 15) is 19.5 Å². The summed E-state index contributed by atoms with van der Waals surface area (Å²) in [6, 6.07) is -1.00. The average Bonchev–Trinajstić information content (AvgIpc) is 2.71. The van der Waals surface area contributed by atoms with Gasteiger partial charge < -0.3 is 15.2 Å². The lowest BCUT2D eigenvalue weighted by Crippen LogP contribution is -2.46. The molecule has 0 heterocycles. The van der Waals surface area contributed by atoms with Gasteiger partial charge in [-0.2, -0.15) is 0 Å². The van der Waals surface area contributed by atoms with Crippen LogP contribution < -0.4 is 10.4 Å². The third kappa shape index (κ3) is 4.79. The molecule has 1 aliphatic rings. The number of hydrogen-bond acceptors (Lipinski definition) is 4. The highest BCUT2D eigenvalue weighted by Gasteiger charge is 2.34. The Morgan fingerprint density at radius 3 is 2.75 bits per heavy atom. The number of aliphatic carboxylic acids is 1. The number of rotatable bonds is 7. The van der Waals surface area contributed by atoms with Crippen LogP contribution in [0.25, 0.3) is 0 Å². The Bertz CT molecular complexity index is 403. The van der Waals surface area contributed by atoms with Crippen molar-refractivity contribution < 1.29 is 19.5 Å². The topological polar surface area (TPSA) is 86.3 Å². The lowest BCUT2D eigenvalue weighted by atomic mass is 9.89. The first-order valence-corrected chi connectivity index (χ1v) is 7.13. The quantitative estimate of drug-likeness (QED) is 0.691. The highest BCUT2D eigenvalue weighted by Crippen LogP contribution is 2.34. The third-order valence-electron chi connectivity index (χ3n) is 3.72. The van der Waals surface area contributed by atoms with Gasteiger partial charge in [-0.15, -0.1) is 0 Å². The predicted molar refractivity (Wildman–Crippen MR) is 72.5 cm³/mol. The average molecular weight is 280 g/mol. The third-order valence-corrected chi connectivity index (χ3v) is 3.72. The lowest BCUT2D eigenvalue weighted by Gasteiger charge is -2.19. The molecule has 1 N–H and O–H groups in total. The van der Waals surface area contributed by atoms with Crippen LogP contribution in [0.3, 0.4) is 0 Å². The summed E-state index contributed by atoms with van der Waals surface area (Å²) in [7, 11) is 0. The monoisotopic (exact) mass is 280 g/mol. The van der Waals surface area contributed by atoms with Crippen molar-refractivity contribution in [1.82, 2.24) is 5.32 Å². The van der Waals surface area contributed by atoms with E-state index in [1.807, 2.05) is 19.1 Å². The fourth-order valence-electron chi connectivity index (χ4n) is 2.55. The van der Waals surface area contributed by atoms with Crippen molar-refractivity contribution in [2.45, 2.75) is 52.0 Å². The molecule has 1 rings (SSSR count). The van der Waals surface area contributed by atoms with Gasteiger partial charge in [0, 0.05) is 18.8 Å². The molecule has 5 heteroatoms. The Hall–Kier alpha value is -1.65. The largest absolute Gasteiger partial charge is 0.548 e. The van der Waals surface area contributed by atoms with E-state index in [2.05, 4.69) is 5.32 Å². The number of hydrogen-bond donors (Lipinski definition) is 1. The maximum Gasteiger partial charge on any atom is 0.220 e. The van der Waals surface area contributed by atoms with Gasteiger partial charge in [0.25, 0.3) is 0 Å². The smallest absolute Gasteiger partial charge is 0.220 e. The van der Waals surface area contributed by atoms with E-state index in [0.717, 1.165) is 6.42 Å². The van der Waals surface area contributed by atoms with Crippen LogP contribution in [0.4, 0.5) is 0 Å². The van der Waals surface area contributed by atoms with E-state index in [0.29, 0.717) is 19.3 Å². The maximum atomic E-state index is 11.8. The number of amides is 1. The molecule has 0 bridgehead atoms. The first kappa shape index (κ1) is 16.4. The van der Waals surface area contributed by atoms with Crippen LogP contribution in [0.15, 0.2) is 12.2 Å². The van der Waals surface area contributed by atoms with Crippen LogP contribution in [0.2, 0.25) is 0 Å². The summed E-state index contributed by atoms with van der Waals surface area (Å²) >= 11 is 0. The first-order valence-electron chi connectivity index (χ1n) is 7.13. The zero-order chi connectivity index (χ0) is 15.1. The van der Waals surface area contributed by atoms with E-state index < -0.39 is 12.0 Å². The molecule has 1 fully saturated rings. The molecular weight excluding hydrogens is 258 g/mol. The Kier molecular flexibility index (Phi) is 6.42. The predicted octanol–water partition coefficient (Wildman–Crippen LogP) is 0.583. The van der Waals surface area contributed by atoms with Gasteiger partial charge in [0.05, 0.1) is 12.0 Å². The molecule has 0 aromatic carbocycles. The zero-order valence-electron chi connectivity index (χ0n) is 12.1. The van der Waals surface area contributed by atoms with Crippen molar-refractivity contribution in [2.75, 3.05) is 0 Å². The van der Waals surface area contributed by atoms with Gasteiger partial charge in [-0.3, -0.25) is 9.59 Å². The van der Waals surface area contributed by atoms with Crippen molar-refractivity contribution in [3.63, 3.8) is 0 Å². The Morgan fingerprint density at radius 1 is 1.45 bits per heavy atom. The summed E-state index contributed by atoms with van der Waals surface area (Å²) in [5, 5.41) is 13.0. The van der Waals surface area contributed by atoms with E-state index in [-0.39, 0.29) is 29.9 Å². The van der Waals surface area contributed by atoms with Gasteiger partial charge >= 0.3 is 0 Å². The van der Waals surface area contributed by atoms with Crippen LogP contribution in [-0.2, 0) is 14.4 Å². The second-order valence-corrected chi connectivity index (χ2v) is 5.30. The molecule has 1 aliphatic carbocycles. The lowest BCUT2D eigenvalue weighted by molar-refractivity contribution is -0.307. The summed E-state index contributed by atoms with van der Waals surface area (Å²) in [5.41, 5.74) is 0. The van der Waals surface area contributed by atoms with E-state index in [1.54, 1.807) is 0 Å². The minimum absolute atomic E-state index is 0.0120. The van der Waals surface area contributed by atoms with Gasteiger partial charge in [0.1, 0.15) is 5.78 Å². The molecule has 0 aromatic rings. The molecule has 0 radical (unpaired) electrons. The minimum atomic E-state index is -1.30. The highest BCUT2D eigenvalue weighted by atomic mass is 16.4. The summed E-state index contributed by atoms with van der Waals surface area (Å²) in [4.78, 5) is 34.2. The Morgan fingerprint density at radius 2 is 2.15 bits per heavy atom. The van der Waals surface area contributed by atoms with Crippen LogP contribution in [0.5, 0.6) is 0 Å². The van der Waals surface area contributed by atoms with Crippen molar-refractivity contribution in [3.8, 4) is 0 Å². The molecule has 20 heavy (non-hydrogen) atoms. The molecule has 0 spiro atoms. The standard InChI is InChI=1S/C15H23NO4/c1-3-4-5-6-12-11(7-8-13(12)17)9-14(18)16-10(2)15(19)20/h4-5,10-12H,3,6-9H2,1-2H3,(H,16,18)(H,19,20)/p-1/b5-4-/t10-,11+,12+/m0/s1. The van der Waals surface area contributed by atoms with Crippen molar-refractivity contribution in [2.24, 2.45) is 11.8 Å². The van der Waals surface area contributed by atoms with Crippen LogP contribution >= 0.6 is 0 Å². The van der Waals surface area contributed by atoms with Gasteiger partial charge in [0.15, 0.2) is 0 Å². The Balaban J connectivity index is 2.52. The number of Topliss-reactive ketones (excluding diaryl/α,β-unsaturated/α-hetero) is 1. The van der Waals surface area contributed by atoms with Crippen molar-refractivity contribution in [1.29, 1.82) is 0 Å². The maximum absolute atomic E-state index is 11.8. The molecule has 1 saturated carbocycles. The zero-order valence-corrected chi connectivity index (χ0v) is 12.1. The summed E-state index contributed by atoms with van der Waals surface area (Å²) in [6.45, 7) is 3.40. The second-order valence-electron chi connectivity index (χ2n) is 5.30. The molecule has 5 nitrogen and oxygen atoms in total. The minimum Gasteiger partial charge on any atom is -0.548 e. The van der Waals surface area contributed by atoms with Crippen LogP contribution in [-0.4, -0.2) is 23.7 Å². The van der Waals surface area contributed by atoms with Crippen LogP contribution in [0.1, 0.15) is 46.0 Å². The van der Waals surface area contributed by atoms with Crippen molar-refractivity contribution >= 4 is 17.7 Å². The normalized spacial score (nSPS) is 24.0. The van der Waals surface area contributed by atoms with Gasteiger partial charge in [-0.1, -0.05) is 19.1 Å². The molecule has 1 amide bonds. The molecule has 0 unspecified atom stereocenters. The molecular formula is C15H22NO4-. The first-order chi connectivity index (χ1) is 9.45. The van der Waals surface area contributed by atoms with Crippen LogP contribution in [0, 0.1) is 11.8 Å². The summed E-state index contributed by atoms with van der Waals surface area (Å²) in [5.74, 6) is -1.52. The van der Waals surface area contributed by atoms with E-state index >= 15 is 0 Å². The molecule has 0 aliphatic heterocycles. The number of carboxylic acids is 1. The van der Waals surface area contributed by atoms with Gasteiger partial charge in [-0.05, 0) is 32.1 Å². The highest BCUT2D eigenvalue weighted by molar-refractivity contribution is 5.86. The second kappa shape index (κ2) is 7.82. The number of carboxylic acid groups (broad SMARTS) is 1. The van der Waals surface area contributed by atoms with Crippen molar-refractivity contribution in [3.05, 3.63) is 12.2 Å². The number of carbonyl (C=O) groups excluding carboxylic acids is 3.